The summed E-state index contributed by atoms with van der Waals surface area (Å²) < 4.78 is 49.5. The zero-order valence-electron chi connectivity index (χ0n) is 22.4. The SMILES string of the molecule is COP(=O)(OC)C(CC=C(C)CCC=C(C)C)(CC=C(C)CCC=C(C)C)P(=O)(OC)OC. The molecule has 0 heterocycles. The van der Waals surface area contributed by atoms with Crippen LogP contribution in [0.25, 0.3) is 0 Å². The van der Waals surface area contributed by atoms with Gasteiger partial charge >= 0.3 is 15.2 Å². The Balaban J connectivity index is 6.40. The molecule has 0 atom stereocenters. The summed E-state index contributed by atoms with van der Waals surface area (Å²) in [6.45, 7) is 12.3. The van der Waals surface area contributed by atoms with Gasteiger partial charge in [-0.25, -0.2) is 0 Å². The van der Waals surface area contributed by atoms with Crippen molar-refractivity contribution in [1.82, 2.24) is 0 Å². The van der Waals surface area contributed by atoms with E-state index in [4.69, 9.17) is 18.1 Å². The van der Waals surface area contributed by atoms with E-state index in [0.29, 0.717) is 0 Å². The Hall–Kier alpha value is -0.740. The van der Waals surface area contributed by atoms with E-state index in [-0.39, 0.29) is 12.8 Å². The van der Waals surface area contributed by atoms with E-state index in [0.717, 1.165) is 36.8 Å². The van der Waals surface area contributed by atoms with E-state index in [1.807, 2.05) is 26.0 Å². The van der Waals surface area contributed by atoms with Gasteiger partial charge < -0.3 is 18.1 Å². The highest BCUT2D eigenvalue weighted by Gasteiger charge is 2.63. The van der Waals surface area contributed by atoms with E-state index in [9.17, 15) is 9.13 Å². The first-order valence-electron chi connectivity index (χ1n) is 11.4. The lowest BCUT2D eigenvalue weighted by Gasteiger charge is -2.40. The summed E-state index contributed by atoms with van der Waals surface area (Å²) in [6.07, 6.45) is 12.1. The number of hydrogen-bond acceptors (Lipinski definition) is 6. The topological polar surface area (TPSA) is 71.1 Å². The second-order valence-electron chi connectivity index (χ2n) is 8.86. The van der Waals surface area contributed by atoms with Crippen molar-refractivity contribution in [3.05, 3.63) is 46.6 Å². The predicted molar refractivity (Wildman–Crippen MR) is 140 cm³/mol. The predicted octanol–water partition coefficient (Wildman–Crippen LogP) is 8.82. The van der Waals surface area contributed by atoms with Gasteiger partial charge in [-0.1, -0.05) is 46.6 Å². The molecule has 6 nitrogen and oxygen atoms in total. The van der Waals surface area contributed by atoms with Gasteiger partial charge in [0.15, 0.2) is 4.90 Å². The van der Waals surface area contributed by atoms with Crippen molar-refractivity contribution < 1.29 is 27.2 Å². The second kappa shape index (κ2) is 15.3. The molecule has 0 saturated carbocycles. The van der Waals surface area contributed by atoms with Crippen LogP contribution in [0.3, 0.4) is 0 Å². The maximum atomic E-state index is 13.9. The number of hydrogen-bond donors (Lipinski definition) is 0. The van der Waals surface area contributed by atoms with Gasteiger partial charge in [0.1, 0.15) is 0 Å². The van der Waals surface area contributed by atoms with Gasteiger partial charge in [0.25, 0.3) is 0 Å². The van der Waals surface area contributed by atoms with Crippen LogP contribution in [-0.2, 0) is 27.2 Å². The smallest absolute Gasteiger partial charge is 0.311 e. The van der Waals surface area contributed by atoms with Crippen molar-refractivity contribution in [2.24, 2.45) is 0 Å². The van der Waals surface area contributed by atoms with Gasteiger partial charge in [-0.3, -0.25) is 9.13 Å². The number of rotatable bonds is 16. The lowest BCUT2D eigenvalue weighted by Crippen LogP contribution is -2.31. The summed E-state index contributed by atoms with van der Waals surface area (Å²) in [5.74, 6) is 0. The van der Waals surface area contributed by atoms with Crippen LogP contribution >= 0.6 is 15.2 Å². The first-order chi connectivity index (χ1) is 15.4. The first-order valence-corrected chi connectivity index (χ1v) is 14.5. The van der Waals surface area contributed by atoms with Crippen LogP contribution in [0.4, 0.5) is 0 Å². The Kier molecular flexibility index (Phi) is 15.0. The van der Waals surface area contributed by atoms with Crippen molar-refractivity contribution in [3.8, 4) is 0 Å². The molecule has 0 bridgehead atoms. The summed E-state index contributed by atoms with van der Waals surface area (Å²) in [5.41, 5.74) is 4.71. The standard InChI is InChI=1S/C25H46O6P2/c1-21(2)13-11-15-23(5)17-19-25(32(26,28-7)29-8,33(27,30-9)31-10)20-18-24(6)16-12-14-22(3)4/h13-14,17-18H,11-12,15-16,19-20H2,1-10H3. The average molecular weight is 505 g/mol. The molecular formula is C25H46O6P2. The third kappa shape index (κ3) is 9.43. The Morgan fingerprint density at radius 1 is 0.606 bits per heavy atom. The summed E-state index contributed by atoms with van der Waals surface area (Å²) in [7, 11) is -2.55. The molecule has 0 aromatic carbocycles. The van der Waals surface area contributed by atoms with Crippen molar-refractivity contribution in [1.29, 1.82) is 0 Å². The van der Waals surface area contributed by atoms with Crippen LogP contribution in [-0.4, -0.2) is 33.3 Å². The summed E-state index contributed by atoms with van der Waals surface area (Å²) >= 11 is 0. The molecule has 0 aromatic heterocycles. The molecule has 192 valence electrons. The molecule has 0 aliphatic heterocycles. The molecule has 0 aliphatic carbocycles. The van der Waals surface area contributed by atoms with Crippen molar-refractivity contribution in [2.75, 3.05) is 28.4 Å². The highest BCUT2D eigenvalue weighted by Crippen LogP contribution is 2.79. The molecule has 8 heteroatoms. The van der Waals surface area contributed by atoms with E-state index in [2.05, 4.69) is 39.8 Å². The van der Waals surface area contributed by atoms with Gasteiger partial charge in [-0.05, 0) is 80.1 Å². The maximum absolute atomic E-state index is 13.9. The van der Waals surface area contributed by atoms with Crippen LogP contribution in [0.2, 0.25) is 0 Å². The minimum Gasteiger partial charge on any atom is -0.311 e. The Morgan fingerprint density at radius 2 is 0.909 bits per heavy atom. The van der Waals surface area contributed by atoms with E-state index in [1.165, 1.54) is 39.6 Å². The molecule has 0 rings (SSSR count). The van der Waals surface area contributed by atoms with Crippen LogP contribution in [0.5, 0.6) is 0 Å². The van der Waals surface area contributed by atoms with Crippen molar-refractivity contribution in [2.45, 2.75) is 85.0 Å². The molecule has 0 amide bonds. The molecule has 0 N–H and O–H groups in total. The van der Waals surface area contributed by atoms with E-state index >= 15 is 0 Å². The zero-order chi connectivity index (χ0) is 25.7. The molecule has 0 aliphatic rings. The summed E-state index contributed by atoms with van der Waals surface area (Å²) in [4.78, 5) is -1.51. The Morgan fingerprint density at radius 3 is 1.15 bits per heavy atom. The van der Waals surface area contributed by atoms with Crippen molar-refractivity contribution >= 4 is 15.2 Å². The summed E-state index contributed by atoms with van der Waals surface area (Å²) in [5, 5.41) is 0. The normalized spacial score (nSPS) is 13.8. The second-order valence-corrected chi connectivity index (χ2v) is 14.4. The van der Waals surface area contributed by atoms with Crippen LogP contribution in [0.15, 0.2) is 46.6 Å². The van der Waals surface area contributed by atoms with Crippen LogP contribution in [0.1, 0.15) is 80.1 Å². The lowest BCUT2D eigenvalue weighted by molar-refractivity contribution is 0.224. The largest absolute Gasteiger partial charge is 0.348 e. The van der Waals surface area contributed by atoms with Gasteiger partial charge in [-0.2, -0.15) is 0 Å². The van der Waals surface area contributed by atoms with Gasteiger partial charge in [0.2, 0.25) is 0 Å². The molecular weight excluding hydrogens is 458 g/mol. The average Bonchev–Trinajstić information content (AvgIpc) is 2.77. The molecule has 0 aromatic rings. The lowest BCUT2D eigenvalue weighted by atomic mass is 10.1. The first kappa shape index (κ1) is 32.3. The van der Waals surface area contributed by atoms with Gasteiger partial charge in [0, 0.05) is 28.4 Å². The zero-order valence-corrected chi connectivity index (χ0v) is 24.2. The molecule has 0 spiro atoms. The third-order valence-corrected chi connectivity index (χ3v) is 11.9. The Labute approximate surface area is 202 Å². The third-order valence-electron chi connectivity index (χ3n) is 5.72. The molecule has 0 unspecified atom stereocenters. The van der Waals surface area contributed by atoms with E-state index in [1.54, 1.807) is 0 Å². The highest BCUT2D eigenvalue weighted by molar-refractivity contribution is 7.74. The maximum Gasteiger partial charge on any atom is 0.348 e. The molecule has 0 fully saturated rings. The van der Waals surface area contributed by atoms with Crippen LogP contribution < -0.4 is 0 Å². The van der Waals surface area contributed by atoms with Crippen LogP contribution in [0, 0.1) is 0 Å². The van der Waals surface area contributed by atoms with Gasteiger partial charge in [0.05, 0.1) is 0 Å². The molecule has 33 heavy (non-hydrogen) atoms. The van der Waals surface area contributed by atoms with Gasteiger partial charge in [-0.15, -0.1) is 0 Å². The monoisotopic (exact) mass is 504 g/mol. The molecule has 0 radical (unpaired) electrons. The van der Waals surface area contributed by atoms with Crippen molar-refractivity contribution in [3.63, 3.8) is 0 Å². The Bertz CT molecular complexity index is 731. The molecule has 0 saturated heterocycles. The van der Waals surface area contributed by atoms with E-state index < -0.39 is 20.1 Å². The minimum absolute atomic E-state index is 0.170. The minimum atomic E-state index is -3.90. The number of allylic oxidation sites excluding steroid dienone is 8. The fourth-order valence-electron chi connectivity index (χ4n) is 3.57. The fourth-order valence-corrected chi connectivity index (χ4v) is 8.66. The highest BCUT2D eigenvalue weighted by atomic mass is 31.2. The fraction of sp³-hybridized carbons (Fsp3) is 0.680. The summed E-state index contributed by atoms with van der Waals surface area (Å²) in [6, 6.07) is 0. The quantitative estimate of drug-likeness (QED) is 0.154.